The summed E-state index contributed by atoms with van der Waals surface area (Å²) in [6.45, 7) is 3.28. The number of hydrogen-bond acceptors (Lipinski definition) is 3. The van der Waals surface area contributed by atoms with Gasteiger partial charge in [0.2, 0.25) is 0 Å². The predicted molar refractivity (Wildman–Crippen MR) is 52.1 cm³/mol. The van der Waals surface area contributed by atoms with Gasteiger partial charge in [-0.05, 0) is 25.5 Å². The summed E-state index contributed by atoms with van der Waals surface area (Å²) in [4.78, 5) is 0. The molecule has 0 fully saturated rings. The zero-order valence-electron chi connectivity index (χ0n) is 7.91. The first kappa shape index (κ1) is 10.0. The molecule has 0 aliphatic rings. The molecule has 0 saturated heterocycles. The van der Waals surface area contributed by atoms with E-state index in [0.717, 1.165) is 11.1 Å². The molecule has 1 aromatic rings. The Bertz CT molecular complexity index is 302. The van der Waals surface area contributed by atoms with E-state index in [1.165, 1.54) is 6.92 Å². The number of nitrogens with two attached hydrogens (primary N) is 1. The van der Waals surface area contributed by atoms with Gasteiger partial charge in [0.25, 0.3) is 0 Å². The number of nitrogen functional groups attached to an aromatic ring is 1. The number of aryl methyl sites for hydroxylation is 1. The highest BCUT2D eigenvalue weighted by Gasteiger charge is 2.17. The van der Waals surface area contributed by atoms with Gasteiger partial charge in [0.1, 0.15) is 0 Å². The maximum Gasteiger partial charge on any atom is 0.163 e. The molecule has 0 saturated carbocycles. The normalized spacial score (nSPS) is 11.7. The van der Waals surface area contributed by atoms with Crippen LogP contribution in [0.1, 0.15) is 18.1 Å². The number of anilines is 1. The molecule has 0 spiro atoms. The molecule has 0 atom stereocenters. The van der Waals surface area contributed by atoms with Gasteiger partial charge in [-0.25, -0.2) is 0 Å². The monoisotopic (exact) mass is 181 g/mol. The van der Waals surface area contributed by atoms with Crippen LogP contribution in [0.25, 0.3) is 0 Å². The summed E-state index contributed by atoms with van der Waals surface area (Å²) in [5.74, 6) is -1.69. The zero-order chi connectivity index (χ0) is 10.1. The summed E-state index contributed by atoms with van der Waals surface area (Å²) in [6, 6.07) is 5.53. The molecule has 0 amide bonds. The van der Waals surface area contributed by atoms with Crippen molar-refractivity contribution in [3.05, 3.63) is 29.3 Å². The Labute approximate surface area is 77.8 Å². The molecule has 0 aliphatic heterocycles. The lowest BCUT2D eigenvalue weighted by Crippen LogP contribution is -2.26. The molecule has 0 unspecified atom stereocenters. The van der Waals surface area contributed by atoms with E-state index >= 15 is 0 Å². The average molecular weight is 181 g/mol. The van der Waals surface area contributed by atoms with E-state index in [9.17, 15) is 10.2 Å². The highest BCUT2D eigenvalue weighted by atomic mass is 16.5. The lowest BCUT2D eigenvalue weighted by molar-refractivity contribution is -0.142. The number of rotatable bonds is 2. The predicted octanol–water partition coefficient (Wildman–Crippen LogP) is 0.821. The largest absolute Gasteiger partial charge is 0.399 e. The van der Waals surface area contributed by atoms with E-state index in [1.54, 1.807) is 6.07 Å². The molecule has 0 aliphatic carbocycles. The Morgan fingerprint density at radius 3 is 2.54 bits per heavy atom. The number of aliphatic hydroxyl groups is 2. The van der Waals surface area contributed by atoms with E-state index in [-0.39, 0.29) is 6.42 Å². The highest BCUT2D eigenvalue weighted by Crippen LogP contribution is 2.18. The third-order valence-corrected chi connectivity index (χ3v) is 1.82. The van der Waals surface area contributed by atoms with E-state index in [2.05, 4.69) is 0 Å². The average Bonchev–Trinajstić information content (AvgIpc) is 1.94. The molecular formula is C10H15NO2. The molecule has 0 aromatic heterocycles. The summed E-state index contributed by atoms with van der Waals surface area (Å²) >= 11 is 0. The lowest BCUT2D eigenvalue weighted by Gasteiger charge is -2.17. The molecule has 1 aromatic carbocycles. The summed E-state index contributed by atoms with van der Waals surface area (Å²) < 4.78 is 0. The summed E-state index contributed by atoms with van der Waals surface area (Å²) in [5, 5.41) is 18.4. The molecule has 0 radical (unpaired) electrons. The van der Waals surface area contributed by atoms with Crippen molar-refractivity contribution >= 4 is 5.69 Å². The van der Waals surface area contributed by atoms with Crippen LogP contribution in [0.15, 0.2) is 18.2 Å². The molecule has 0 heterocycles. The summed E-state index contributed by atoms with van der Waals surface area (Å²) in [5.41, 5.74) is 8.11. The summed E-state index contributed by atoms with van der Waals surface area (Å²) in [7, 11) is 0. The second-order valence-corrected chi connectivity index (χ2v) is 3.60. The van der Waals surface area contributed by atoms with Crippen molar-refractivity contribution in [1.82, 2.24) is 0 Å². The fourth-order valence-electron chi connectivity index (χ4n) is 1.25. The van der Waals surface area contributed by atoms with Crippen LogP contribution in [0, 0.1) is 6.92 Å². The SMILES string of the molecule is Cc1ccc(N)c(CC(C)(O)O)c1. The van der Waals surface area contributed by atoms with Gasteiger partial charge in [0, 0.05) is 12.1 Å². The number of hydrogen-bond donors (Lipinski definition) is 3. The topological polar surface area (TPSA) is 66.5 Å². The lowest BCUT2D eigenvalue weighted by atomic mass is 10.0. The summed E-state index contributed by atoms with van der Waals surface area (Å²) in [6.07, 6.45) is 0.153. The van der Waals surface area contributed by atoms with Gasteiger partial charge in [-0.1, -0.05) is 17.7 Å². The van der Waals surface area contributed by atoms with Crippen LogP contribution in [0.3, 0.4) is 0 Å². The molecule has 1 rings (SSSR count). The van der Waals surface area contributed by atoms with Crippen molar-refractivity contribution in [2.45, 2.75) is 26.1 Å². The minimum atomic E-state index is -1.69. The van der Waals surface area contributed by atoms with E-state index < -0.39 is 5.79 Å². The Kier molecular flexibility index (Phi) is 2.59. The second kappa shape index (κ2) is 3.36. The minimum Gasteiger partial charge on any atom is -0.399 e. The molecule has 72 valence electrons. The Balaban J connectivity index is 2.94. The van der Waals surface area contributed by atoms with Gasteiger partial charge in [-0.15, -0.1) is 0 Å². The van der Waals surface area contributed by atoms with Crippen molar-refractivity contribution in [1.29, 1.82) is 0 Å². The van der Waals surface area contributed by atoms with Crippen LogP contribution in [-0.4, -0.2) is 16.0 Å². The standard InChI is InChI=1S/C10H15NO2/c1-7-3-4-9(11)8(5-7)6-10(2,12)13/h3-5,12-13H,6,11H2,1-2H3. The zero-order valence-corrected chi connectivity index (χ0v) is 7.91. The van der Waals surface area contributed by atoms with Crippen LogP contribution in [-0.2, 0) is 6.42 Å². The van der Waals surface area contributed by atoms with Crippen LogP contribution in [0.2, 0.25) is 0 Å². The maximum atomic E-state index is 9.19. The van der Waals surface area contributed by atoms with Gasteiger partial charge in [-0.2, -0.15) is 0 Å². The van der Waals surface area contributed by atoms with Crippen molar-refractivity contribution in [2.24, 2.45) is 0 Å². The van der Waals surface area contributed by atoms with E-state index in [4.69, 9.17) is 5.73 Å². The maximum absolute atomic E-state index is 9.19. The second-order valence-electron chi connectivity index (χ2n) is 3.60. The first-order valence-electron chi connectivity index (χ1n) is 4.18. The third kappa shape index (κ3) is 3.05. The molecule has 0 bridgehead atoms. The molecule has 13 heavy (non-hydrogen) atoms. The van der Waals surface area contributed by atoms with Crippen LogP contribution in [0.4, 0.5) is 5.69 Å². The quantitative estimate of drug-likeness (QED) is 0.467. The highest BCUT2D eigenvalue weighted by molar-refractivity contribution is 5.48. The first-order chi connectivity index (χ1) is 5.88. The van der Waals surface area contributed by atoms with Crippen LogP contribution < -0.4 is 5.73 Å². The van der Waals surface area contributed by atoms with E-state index in [1.807, 2.05) is 19.1 Å². The Hall–Kier alpha value is -1.06. The van der Waals surface area contributed by atoms with Crippen molar-refractivity contribution in [2.75, 3.05) is 5.73 Å². The van der Waals surface area contributed by atoms with Gasteiger partial charge in [0.05, 0.1) is 0 Å². The van der Waals surface area contributed by atoms with Crippen LogP contribution in [0.5, 0.6) is 0 Å². The smallest absolute Gasteiger partial charge is 0.163 e. The van der Waals surface area contributed by atoms with Gasteiger partial charge < -0.3 is 15.9 Å². The third-order valence-electron chi connectivity index (χ3n) is 1.82. The first-order valence-corrected chi connectivity index (χ1v) is 4.18. The van der Waals surface area contributed by atoms with Gasteiger partial charge in [-0.3, -0.25) is 0 Å². The molecule has 3 heteroatoms. The molecule has 3 nitrogen and oxygen atoms in total. The fraction of sp³-hybridized carbons (Fsp3) is 0.400. The number of benzene rings is 1. The Morgan fingerprint density at radius 2 is 2.00 bits per heavy atom. The fourth-order valence-corrected chi connectivity index (χ4v) is 1.25. The molecule has 4 N–H and O–H groups in total. The Morgan fingerprint density at radius 1 is 1.38 bits per heavy atom. The van der Waals surface area contributed by atoms with Crippen LogP contribution >= 0.6 is 0 Å². The molecular weight excluding hydrogens is 166 g/mol. The van der Waals surface area contributed by atoms with Gasteiger partial charge in [0.15, 0.2) is 5.79 Å². The van der Waals surface area contributed by atoms with Crippen molar-refractivity contribution in [3.63, 3.8) is 0 Å². The van der Waals surface area contributed by atoms with Gasteiger partial charge >= 0.3 is 0 Å². The van der Waals surface area contributed by atoms with E-state index in [0.29, 0.717) is 5.69 Å². The minimum absolute atomic E-state index is 0.153. The van der Waals surface area contributed by atoms with Crippen molar-refractivity contribution in [3.8, 4) is 0 Å². The van der Waals surface area contributed by atoms with Crippen molar-refractivity contribution < 1.29 is 10.2 Å².